The summed E-state index contributed by atoms with van der Waals surface area (Å²) >= 11 is 0. The number of methoxy groups -OCH3 is 2. The minimum absolute atomic E-state index is 0.00912. The maximum Gasteiger partial charge on any atom is 0.336 e. The van der Waals surface area contributed by atoms with Gasteiger partial charge < -0.3 is 19.3 Å². The second-order valence-electron chi connectivity index (χ2n) is 4.99. The highest BCUT2D eigenvalue weighted by atomic mass is 16.5. The van der Waals surface area contributed by atoms with Crippen molar-refractivity contribution in [1.82, 2.24) is 0 Å². The van der Waals surface area contributed by atoms with Gasteiger partial charge in [0.1, 0.15) is 6.10 Å². The molecular formula is C15H16O5. The first-order valence-corrected chi connectivity index (χ1v) is 6.52. The molecule has 1 saturated carbocycles. The summed E-state index contributed by atoms with van der Waals surface area (Å²) in [5.74, 6) is 0.781. The van der Waals surface area contributed by atoms with Crippen molar-refractivity contribution in [3.8, 4) is 17.2 Å². The van der Waals surface area contributed by atoms with E-state index in [2.05, 4.69) is 0 Å². The maximum absolute atomic E-state index is 11.4. The van der Waals surface area contributed by atoms with Crippen LogP contribution in [0, 0.1) is 5.92 Å². The van der Waals surface area contributed by atoms with Crippen LogP contribution in [0.4, 0.5) is 0 Å². The fraction of sp³-hybridized carbons (Fsp3) is 0.400. The number of ether oxygens (including phenoxy) is 3. The molecule has 0 amide bonds. The number of hydrogen-bond acceptors (Lipinski definition) is 4. The number of carboxylic acids is 1. The third-order valence-corrected chi connectivity index (χ3v) is 3.69. The van der Waals surface area contributed by atoms with Gasteiger partial charge in [-0.2, -0.15) is 0 Å². The van der Waals surface area contributed by atoms with Crippen molar-refractivity contribution < 1.29 is 24.1 Å². The number of benzene rings is 1. The quantitative estimate of drug-likeness (QED) is 0.915. The van der Waals surface area contributed by atoms with E-state index in [0.717, 1.165) is 12.8 Å². The molecule has 20 heavy (non-hydrogen) atoms. The SMILES string of the molecule is COc1cc(C(=O)O)c2c(c1OC)OC(C1CC1)C=C2. The van der Waals surface area contributed by atoms with E-state index in [1.54, 1.807) is 0 Å². The molecule has 3 rings (SSSR count). The van der Waals surface area contributed by atoms with Crippen molar-refractivity contribution >= 4 is 12.0 Å². The lowest BCUT2D eigenvalue weighted by Gasteiger charge is -2.25. The molecule has 0 saturated heterocycles. The highest BCUT2D eigenvalue weighted by Gasteiger charge is 2.35. The fourth-order valence-corrected chi connectivity index (χ4v) is 2.48. The summed E-state index contributed by atoms with van der Waals surface area (Å²) in [6, 6.07) is 1.46. The van der Waals surface area contributed by atoms with Crippen LogP contribution in [-0.4, -0.2) is 31.4 Å². The minimum Gasteiger partial charge on any atom is -0.493 e. The van der Waals surface area contributed by atoms with Crippen LogP contribution in [0.25, 0.3) is 6.08 Å². The maximum atomic E-state index is 11.4. The first-order chi connectivity index (χ1) is 9.65. The molecule has 1 heterocycles. The summed E-state index contributed by atoms with van der Waals surface area (Å²) in [6.45, 7) is 0. The van der Waals surface area contributed by atoms with Crippen molar-refractivity contribution in [2.75, 3.05) is 14.2 Å². The molecule has 1 aliphatic heterocycles. The summed E-state index contributed by atoms with van der Waals surface area (Å²) in [7, 11) is 3.00. The van der Waals surface area contributed by atoms with E-state index in [4.69, 9.17) is 14.2 Å². The van der Waals surface area contributed by atoms with Crippen molar-refractivity contribution in [1.29, 1.82) is 0 Å². The summed E-state index contributed by atoms with van der Waals surface area (Å²) in [4.78, 5) is 11.4. The molecule has 1 aromatic rings. The molecule has 0 spiro atoms. The van der Waals surface area contributed by atoms with Crippen molar-refractivity contribution in [2.24, 2.45) is 5.92 Å². The number of fused-ring (bicyclic) bond motifs is 1. The Labute approximate surface area is 116 Å². The second kappa shape index (κ2) is 4.74. The van der Waals surface area contributed by atoms with Gasteiger partial charge in [-0.25, -0.2) is 4.79 Å². The molecule has 0 bridgehead atoms. The zero-order valence-corrected chi connectivity index (χ0v) is 11.4. The number of carbonyl (C=O) groups is 1. The topological polar surface area (TPSA) is 65.0 Å². The van der Waals surface area contributed by atoms with Crippen molar-refractivity contribution in [3.05, 3.63) is 23.3 Å². The number of aromatic carboxylic acids is 1. The molecule has 0 radical (unpaired) electrons. The Morgan fingerprint density at radius 1 is 1.35 bits per heavy atom. The molecule has 106 valence electrons. The molecule has 2 aliphatic rings. The van der Waals surface area contributed by atoms with Crippen LogP contribution in [0.2, 0.25) is 0 Å². The predicted octanol–water partition coefficient (Wildman–Crippen LogP) is 2.59. The molecule has 1 aliphatic carbocycles. The smallest absolute Gasteiger partial charge is 0.336 e. The number of rotatable bonds is 4. The Balaban J connectivity index is 2.14. The Morgan fingerprint density at radius 2 is 2.10 bits per heavy atom. The Morgan fingerprint density at radius 3 is 2.65 bits per heavy atom. The molecule has 1 N–H and O–H groups in total. The monoisotopic (exact) mass is 276 g/mol. The second-order valence-corrected chi connectivity index (χ2v) is 4.99. The standard InChI is InChI=1S/C15H16O5/c1-18-12-7-10(15(16)17)9-5-6-11(8-3-4-8)20-13(9)14(12)19-2/h5-8,11H,3-4H2,1-2H3,(H,16,17). The van der Waals surface area contributed by atoms with Gasteiger partial charge in [-0.05, 0) is 30.9 Å². The zero-order valence-electron chi connectivity index (χ0n) is 11.4. The van der Waals surface area contributed by atoms with Gasteiger partial charge in [0.05, 0.1) is 19.8 Å². The highest BCUT2D eigenvalue weighted by Crippen LogP contribution is 2.47. The first kappa shape index (κ1) is 12.8. The largest absolute Gasteiger partial charge is 0.493 e. The van der Waals surface area contributed by atoms with Gasteiger partial charge in [-0.15, -0.1) is 0 Å². The zero-order chi connectivity index (χ0) is 14.3. The average molecular weight is 276 g/mol. The van der Waals surface area contributed by atoms with E-state index >= 15 is 0 Å². The molecule has 5 nitrogen and oxygen atoms in total. The van der Waals surface area contributed by atoms with Gasteiger partial charge in [0.15, 0.2) is 11.5 Å². The van der Waals surface area contributed by atoms with E-state index < -0.39 is 5.97 Å². The predicted molar refractivity (Wildman–Crippen MR) is 72.7 cm³/mol. The van der Waals surface area contributed by atoms with Gasteiger partial charge in [0.25, 0.3) is 0 Å². The van der Waals surface area contributed by atoms with Crippen molar-refractivity contribution in [2.45, 2.75) is 18.9 Å². The molecule has 1 aromatic carbocycles. The molecule has 1 atom stereocenters. The summed E-state index contributed by atoms with van der Waals surface area (Å²) in [5, 5.41) is 9.33. The fourth-order valence-electron chi connectivity index (χ4n) is 2.48. The molecule has 1 unspecified atom stereocenters. The van der Waals surface area contributed by atoms with Gasteiger partial charge in [0.2, 0.25) is 5.75 Å². The van der Waals surface area contributed by atoms with Crippen molar-refractivity contribution in [3.63, 3.8) is 0 Å². The third-order valence-electron chi connectivity index (χ3n) is 3.69. The van der Waals surface area contributed by atoms with E-state index in [1.807, 2.05) is 12.2 Å². The van der Waals surface area contributed by atoms with E-state index in [9.17, 15) is 9.90 Å². The Hall–Kier alpha value is -2.17. The summed E-state index contributed by atoms with van der Waals surface area (Å²) in [6.07, 6.45) is 6.02. The molecule has 1 fully saturated rings. The molecule has 0 aromatic heterocycles. The van der Waals surface area contributed by atoms with Crippen LogP contribution in [0.3, 0.4) is 0 Å². The van der Waals surface area contributed by atoms with Gasteiger partial charge in [-0.3, -0.25) is 0 Å². The number of hydrogen-bond donors (Lipinski definition) is 1. The third kappa shape index (κ3) is 1.99. The van der Waals surface area contributed by atoms with Crippen LogP contribution in [0.15, 0.2) is 12.1 Å². The van der Waals surface area contributed by atoms with Gasteiger partial charge in [-0.1, -0.05) is 6.08 Å². The summed E-state index contributed by atoms with van der Waals surface area (Å²) in [5.41, 5.74) is 0.690. The molecule has 5 heteroatoms. The van der Waals surface area contributed by atoms with Crippen LogP contribution in [0.1, 0.15) is 28.8 Å². The normalized spacial score (nSPS) is 20.0. The molecular weight excluding hydrogens is 260 g/mol. The Bertz CT molecular complexity index is 586. The first-order valence-electron chi connectivity index (χ1n) is 6.52. The van der Waals surface area contributed by atoms with E-state index in [1.165, 1.54) is 20.3 Å². The lowest BCUT2D eigenvalue weighted by molar-refractivity contribution is 0.0695. The minimum atomic E-state index is -1.01. The van der Waals surface area contributed by atoms with Gasteiger partial charge in [0, 0.05) is 5.56 Å². The van der Waals surface area contributed by atoms with Gasteiger partial charge >= 0.3 is 5.97 Å². The Kier molecular flexibility index (Phi) is 3.04. The lowest BCUT2D eigenvalue weighted by atomic mass is 10.0. The van der Waals surface area contributed by atoms with Crippen LogP contribution in [0.5, 0.6) is 17.2 Å². The summed E-state index contributed by atoms with van der Waals surface area (Å²) < 4.78 is 16.5. The van der Waals surface area contributed by atoms with Crippen LogP contribution >= 0.6 is 0 Å². The average Bonchev–Trinajstić information content (AvgIpc) is 3.29. The lowest BCUT2D eigenvalue weighted by Crippen LogP contribution is -2.21. The number of carboxylic acid groups (broad SMARTS) is 1. The van der Waals surface area contributed by atoms with E-state index in [-0.39, 0.29) is 11.7 Å². The van der Waals surface area contributed by atoms with Crippen LogP contribution in [-0.2, 0) is 0 Å². The highest BCUT2D eigenvalue weighted by molar-refractivity contribution is 5.95. The van der Waals surface area contributed by atoms with Crippen LogP contribution < -0.4 is 14.2 Å². The van der Waals surface area contributed by atoms with E-state index in [0.29, 0.717) is 28.7 Å².